The van der Waals surface area contributed by atoms with E-state index >= 15 is 0 Å². The van der Waals surface area contributed by atoms with E-state index in [2.05, 4.69) is 4.98 Å². The number of nitrogens with zero attached hydrogens (tertiary/aromatic N) is 2. The van der Waals surface area contributed by atoms with E-state index in [1.54, 1.807) is 0 Å². The molecule has 3 rings (SSSR count). The SMILES string of the molecule is Cl.NC1CCN(S(=O)(=O)c2nc3ccccc3s2)CC1. The minimum atomic E-state index is -3.46. The van der Waals surface area contributed by atoms with Gasteiger partial charge in [0, 0.05) is 19.1 Å². The topological polar surface area (TPSA) is 76.3 Å². The maximum absolute atomic E-state index is 12.5. The van der Waals surface area contributed by atoms with Crippen LogP contribution in [0.3, 0.4) is 0 Å². The molecule has 1 aliphatic rings. The molecule has 2 N–H and O–H groups in total. The minimum absolute atomic E-state index is 0. The molecule has 8 heteroatoms. The Hall–Kier alpha value is -0.730. The molecule has 0 atom stereocenters. The number of aromatic nitrogens is 1. The van der Waals surface area contributed by atoms with Crippen LogP contribution >= 0.6 is 23.7 Å². The summed E-state index contributed by atoms with van der Waals surface area (Å²) < 4.78 is 27.6. The number of fused-ring (bicyclic) bond motifs is 1. The van der Waals surface area contributed by atoms with E-state index in [0.717, 1.165) is 10.2 Å². The van der Waals surface area contributed by atoms with Crippen LogP contribution in [0.4, 0.5) is 0 Å². The van der Waals surface area contributed by atoms with Gasteiger partial charge in [0.1, 0.15) is 0 Å². The van der Waals surface area contributed by atoms with Gasteiger partial charge in [0.2, 0.25) is 4.34 Å². The van der Waals surface area contributed by atoms with Gasteiger partial charge in [-0.3, -0.25) is 0 Å². The first-order chi connectivity index (χ1) is 9.07. The Morgan fingerprint density at radius 2 is 1.90 bits per heavy atom. The number of hydrogen-bond acceptors (Lipinski definition) is 5. The van der Waals surface area contributed by atoms with Gasteiger partial charge in [0.15, 0.2) is 0 Å². The van der Waals surface area contributed by atoms with Crippen LogP contribution in [0, 0.1) is 0 Å². The molecule has 1 aromatic carbocycles. The van der Waals surface area contributed by atoms with Gasteiger partial charge in [-0.2, -0.15) is 4.31 Å². The van der Waals surface area contributed by atoms with E-state index in [-0.39, 0.29) is 22.8 Å². The molecule has 0 amide bonds. The lowest BCUT2D eigenvalue weighted by Gasteiger charge is -2.28. The predicted molar refractivity (Wildman–Crippen MR) is 82.8 cm³/mol. The average molecular weight is 334 g/mol. The fourth-order valence-corrected chi connectivity index (χ4v) is 5.02. The van der Waals surface area contributed by atoms with Gasteiger partial charge in [0.25, 0.3) is 10.0 Å². The quantitative estimate of drug-likeness (QED) is 0.909. The molecule has 1 saturated heterocycles. The summed E-state index contributed by atoms with van der Waals surface area (Å²) in [6.45, 7) is 0.971. The largest absolute Gasteiger partial charge is 0.328 e. The van der Waals surface area contributed by atoms with Crippen molar-refractivity contribution in [1.29, 1.82) is 0 Å². The summed E-state index contributed by atoms with van der Waals surface area (Å²) in [5.74, 6) is 0. The molecule has 5 nitrogen and oxygen atoms in total. The van der Waals surface area contributed by atoms with Crippen molar-refractivity contribution in [2.24, 2.45) is 5.73 Å². The van der Waals surface area contributed by atoms with Crippen molar-refractivity contribution in [2.75, 3.05) is 13.1 Å². The lowest BCUT2D eigenvalue weighted by atomic mass is 10.1. The van der Waals surface area contributed by atoms with Gasteiger partial charge >= 0.3 is 0 Å². The number of hydrogen-bond donors (Lipinski definition) is 1. The maximum atomic E-state index is 12.5. The number of benzene rings is 1. The molecule has 2 aromatic rings. The minimum Gasteiger partial charge on any atom is -0.328 e. The fraction of sp³-hybridized carbons (Fsp3) is 0.417. The maximum Gasteiger partial charge on any atom is 0.270 e. The molecule has 1 fully saturated rings. The third-order valence-corrected chi connectivity index (χ3v) is 6.62. The van der Waals surface area contributed by atoms with E-state index in [4.69, 9.17) is 5.73 Å². The molecule has 0 radical (unpaired) electrons. The van der Waals surface area contributed by atoms with Crippen LogP contribution in [0.2, 0.25) is 0 Å². The van der Waals surface area contributed by atoms with Gasteiger partial charge in [-0.25, -0.2) is 13.4 Å². The molecule has 0 bridgehead atoms. The molecule has 0 spiro atoms. The Kier molecular flexibility index (Phi) is 4.66. The smallest absolute Gasteiger partial charge is 0.270 e. The summed E-state index contributed by atoms with van der Waals surface area (Å²) >= 11 is 1.23. The van der Waals surface area contributed by atoms with Crippen molar-refractivity contribution in [3.8, 4) is 0 Å². The summed E-state index contributed by atoms with van der Waals surface area (Å²) in [5.41, 5.74) is 6.54. The third-order valence-electron chi connectivity index (χ3n) is 3.33. The standard InChI is InChI=1S/C12H15N3O2S2.ClH/c13-9-5-7-15(8-6-9)19(16,17)12-14-10-3-1-2-4-11(10)18-12;/h1-4,9H,5-8,13H2;1H. The van der Waals surface area contributed by atoms with E-state index < -0.39 is 10.0 Å². The van der Waals surface area contributed by atoms with Gasteiger partial charge in [-0.15, -0.1) is 23.7 Å². The van der Waals surface area contributed by atoms with Crippen LogP contribution in [0.25, 0.3) is 10.2 Å². The summed E-state index contributed by atoms with van der Waals surface area (Å²) in [6.07, 6.45) is 1.42. The highest BCUT2D eigenvalue weighted by Crippen LogP contribution is 2.28. The highest BCUT2D eigenvalue weighted by atomic mass is 35.5. The summed E-state index contributed by atoms with van der Waals surface area (Å²) in [4.78, 5) is 4.24. The summed E-state index contributed by atoms with van der Waals surface area (Å²) in [5, 5.41) is 0. The van der Waals surface area contributed by atoms with Gasteiger partial charge < -0.3 is 5.73 Å². The highest BCUT2D eigenvalue weighted by molar-refractivity contribution is 7.91. The first-order valence-electron chi connectivity index (χ1n) is 6.19. The molecule has 0 aliphatic carbocycles. The van der Waals surface area contributed by atoms with Crippen molar-refractivity contribution in [3.05, 3.63) is 24.3 Å². The summed E-state index contributed by atoms with van der Waals surface area (Å²) in [6, 6.07) is 7.58. The number of nitrogens with two attached hydrogens (primary N) is 1. The first kappa shape index (κ1) is 15.7. The molecule has 2 heterocycles. The summed E-state index contributed by atoms with van der Waals surface area (Å²) in [7, 11) is -3.46. The first-order valence-corrected chi connectivity index (χ1v) is 8.44. The van der Waals surface area contributed by atoms with Crippen LogP contribution in [0.1, 0.15) is 12.8 Å². The van der Waals surface area contributed by atoms with Crippen LogP contribution in [-0.4, -0.2) is 36.8 Å². The van der Waals surface area contributed by atoms with Crippen molar-refractivity contribution < 1.29 is 8.42 Å². The second-order valence-electron chi connectivity index (χ2n) is 4.69. The zero-order valence-corrected chi connectivity index (χ0v) is 13.2. The molecule has 20 heavy (non-hydrogen) atoms. The zero-order chi connectivity index (χ0) is 13.5. The monoisotopic (exact) mass is 333 g/mol. The van der Waals surface area contributed by atoms with Crippen LogP contribution in [0.15, 0.2) is 28.6 Å². The Labute approximate surface area is 128 Å². The Morgan fingerprint density at radius 3 is 2.55 bits per heavy atom. The van der Waals surface area contributed by atoms with Crippen LogP contribution < -0.4 is 5.73 Å². The van der Waals surface area contributed by atoms with Crippen molar-refractivity contribution in [1.82, 2.24) is 9.29 Å². The average Bonchev–Trinajstić information content (AvgIpc) is 2.83. The Balaban J connectivity index is 0.00000147. The lowest BCUT2D eigenvalue weighted by Crippen LogP contribution is -2.42. The molecule has 110 valence electrons. The number of para-hydroxylation sites is 1. The molecule has 0 saturated carbocycles. The number of thiazole rings is 1. The fourth-order valence-electron chi connectivity index (χ4n) is 2.19. The highest BCUT2D eigenvalue weighted by Gasteiger charge is 2.30. The van der Waals surface area contributed by atoms with Crippen molar-refractivity contribution in [2.45, 2.75) is 23.2 Å². The normalized spacial score (nSPS) is 18.1. The third kappa shape index (κ3) is 2.82. The Morgan fingerprint density at radius 1 is 1.25 bits per heavy atom. The molecular weight excluding hydrogens is 318 g/mol. The zero-order valence-electron chi connectivity index (χ0n) is 10.7. The number of halogens is 1. The Bertz CT molecular complexity index is 661. The lowest BCUT2D eigenvalue weighted by molar-refractivity contribution is 0.320. The van der Waals surface area contributed by atoms with Gasteiger partial charge in [-0.05, 0) is 25.0 Å². The van der Waals surface area contributed by atoms with E-state index in [9.17, 15) is 8.42 Å². The second kappa shape index (κ2) is 5.95. The number of rotatable bonds is 2. The van der Waals surface area contributed by atoms with E-state index in [0.29, 0.717) is 25.9 Å². The molecule has 1 aliphatic heterocycles. The van der Waals surface area contributed by atoms with Crippen molar-refractivity contribution in [3.63, 3.8) is 0 Å². The van der Waals surface area contributed by atoms with Gasteiger partial charge in [0.05, 0.1) is 10.2 Å². The van der Waals surface area contributed by atoms with Crippen LogP contribution in [-0.2, 0) is 10.0 Å². The molecule has 0 unspecified atom stereocenters. The number of sulfonamides is 1. The van der Waals surface area contributed by atoms with Crippen LogP contribution in [0.5, 0.6) is 0 Å². The van der Waals surface area contributed by atoms with E-state index in [1.165, 1.54) is 15.6 Å². The van der Waals surface area contributed by atoms with Gasteiger partial charge in [-0.1, -0.05) is 12.1 Å². The molecule has 1 aromatic heterocycles. The van der Waals surface area contributed by atoms with Crippen molar-refractivity contribution >= 4 is 44.0 Å². The predicted octanol–water partition coefficient (Wildman–Crippen LogP) is 1.83. The second-order valence-corrected chi connectivity index (χ2v) is 7.83. The molecular formula is C12H16ClN3O2S2. The number of piperidine rings is 1. The van der Waals surface area contributed by atoms with E-state index in [1.807, 2.05) is 24.3 Å².